The van der Waals surface area contributed by atoms with Crippen molar-refractivity contribution in [2.45, 2.75) is 17.9 Å². The van der Waals surface area contributed by atoms with Gasteiger partial charge in [0.25, 0.3) is 5.69 Å². The zero-order valence-corrected chi connectivity index (χ0v) is 12.3. The Morgan fingerprint density at radius 3 is 2.55 bits per heavy atom. The van der Waals surface area contributed by atoms with Crippen LogP contribution in [-0.2, 0) is 14.8 Å². The van der Waals surface area contributed by atoms with Gasteiger partial charge in [0.05, 0.1) is 16.4 Å². The van der Waals surface area contributed by atoms with Crippen molar-refractivity contribution < 1.29 is 18.1 Å². The van der Waals surface area contributed by atoms with E-state index in [1.165, 1.54) is 20.2 Å². The maximum atomic E-state index is 12.3. The van der Waals surface area contributed by atoms with Gasteiger partial charge < -0.3 is 10.5 Å². The number of anilines is 1. The molecule has 112 valence electrons. The number of sulfonamides is 1. The predicted octanol–water partition coefficient (Wildman–Crippen LogP) is 0.832. The van der Waals surface area contributed by atoms with Crippen molar-refractivity contribution in [2.75, 3.05) is 26.5 Å². The summed E-state index contributed by atoms with van der Waals surface area (Å²) in [7, 11) is -0.888. The summed E-state index contributed by atoms with van der Waals surface area (Å²) in [4.78, 5) is 9.90. The van der Waals surface area contributed by atoms with Crippen LogP contribution in [-0.4, -0.2) is 44.5 Å². The fraction of sp³-hybridized carbons (Fsp3) is 0.455. The quantitative estimate of drug-likeness (QED) is 0.473. The molecule has 8 nitrogen and oxygen atoms in total. The Kier molecular flexibility index (Phi) is 5.03. The number of methoxy groups -OCH3 is 1. The number of nitrogens with two attached hydrogens (primary N) is 1. The molecule has 0 aromatic heterocycles. The third-order valence-corrected chi connectivity index (χ3v) is 4.87. The fourth-order valence-corrected chi connectivity index (χ4v) is 2.99. The zero-order chi connectivity index (χ0) is 15.5. The first-order valence-electron chi connectivity index (χ1n) is 5.72. The Morgan fingerprint density at radius 1 is 1.50 bits per heavy atom. The molecular weight excluding hydrogens is 286 g/mol. The molecule has 1 aromatic carbocycles. The summed E-state index contributed by atoms with van der Waals surface area (Å²) < 4.78 is 30.7. The Balaban J connectivity index is 3.16. The van der Waals surface area contributed by atoms with Crippen molar-refractivity contribution in [2.24, 2.45) is 0 Å². The molecule has 0 saturated heterocycles. The van der Waals surface area contributed by atoms with Crippen molar-refractivity contribution >= 4 is 21.4 Å². The molecule has 0 saturated carbocycles. The number of nitro groups is 1. The van der Waals surface area contributed by atoms with Crippen LogP contribution in [0.4, 0.5) is 11.4 Å². The SMILES string of the molecule is COCC(C)N(C)S(=O)(=O)c1ccc([N+](=O)[O-])c(N)c1. The van der Waals surface area contributed by atoms with E-state index >= 15 is 0 Å². The van der Waals surface area contributed by atoms with E-state index in [-0.39, 0.29) is 28.9 Å². The van der Waals surface area contributed by atoms with Crippen LogP contribution < -0.4 is 5.73 Å². The second-order valence-electron chi connectivity index (χ2n) is 4.30. The highest BCUT2D eigenvalue weighted by molar-refractivity contribution is 7.89. The van der Waals surface area contributed by atoms with Crippen molar-refractivity contribution in [3.63, 3.8) is 0 Å². The summed E-state index contributed by atoms with van der Waals surface area (Å²) in [6.45, 7) is 1.92. The van der Waals surface area contributed by atoms with Crippen molar-refractivity contribution in [3.8, 4) is 0 Å². The molecule has 0 radical (unpaired) electrons. The molecular formula is C11H17N3O5S. The molecule has 1 aromatic rings. The number of nitrogen functional groups attached to an aromatic ring is 1. The normalized spacial score (nSPS) is 13.4. The lowest BCUT2D eigenvalue weighted by molar-refractivity contribution is -0.383. The highest BCUT2D eigenvalue weighted by atomic mass is 32.2. The Labute approximate surface area is 117 Å². The molecule has 0 amide bonds. The number of hydrogen-bond donors (Lipinski definition) is 1. The van der Waals surface area contributed by atoms with Crippen molar-refractivity contribution in [1.29, 1.82) is 0 Å². The molecule has 2 N–H and O–H groups in total. The third-order valence-electron chi connectivity index (χ3n) is 2.90. The minimum absolute atomic E-state index is 0.0916. The second kappa shape index (κ2) is 6.16. The summed E-state index contributed by atoms with van der Waals surface area (Å²) in [5, 5.41) is 10.7. The Hall–Kier alpha value is -1.71. The van der Waals surface area contributed by atoms with Gasteiger partial charge in [-0.2, -0.15) is 4.31 Å². The fourth-order valence-electron chi connectivity index (χ4n) is 1.61. The van der Waals surface area contributed by atoms with Gasteiger partial charge in [0.2, 0.25) is 10.0 Å². The van der Waals surface area contributed by atoms with E-state index in [4.69, 9.17) is 10.5 Å². The molecule has 0 spiro atoms. The highest BCUT2D eigenvalue weighted by Crippen LogP contribution is 2.26. The van der Waals surface area contributed by atoms with E-state index in [1.807, 2.05) is 0 Å². The third kappa shape index (κ3) is 3.24. The molecule has 1 unspecified atom stereocenters. The van der Waals surface area contributed by atoms with Crippen LogP contribution in [0.3, 0.4) is 0 Å². The molecule has 1 rings (SSSR count). The van der Waals surface area contributed by atoms with Gasteiger partial charge in [0.1, 0.15) is 5.69 Å². The standard InChI is InChI=1S/C11H17N3O5S/c1-8(7-19-3)13(2)20(17,18)9-4-5-11(14(15)16)10(12)6-9/h4-6,8H,7,12H2,1-3H3. The number of likely N-dealkylation sites (N-methyl/N-ethyl adjacent to an activating group) is 1. The van der Waals surface area contributed by atoms with Crippen molar-refractivity contribution in [3.05, 3.63) is 28.3 Å². The minimum Gasteiger partial charge on any atom is -0.393 e. The molecule has 0 aliphatic heterocycles. The van der Waals surface area contributed by atoms with Crippen LogP contribution in [0.25, 0.3) is 0 Å². The van der Waals surface area contributed by atoms with Crippen LogP contribution in [0.5, 0.6) is 0 Å². The topological polar surface area (TPSA) is 116 Å². The number of hydrogen-bond acceptors (Lipinski definition) is 6. The summed E-state index contributed by atoms with van der Waals surface area (Å²) in [5.41, 5.74) is 4.99. The smallest absolute Gasteiger partial charge is 0.292 e. The van der Waals surface area contributed by atoms with Gasteiger partial charge in [-0.15, -0.1) is 0 Å². The van der Waals surface area contributed by atoms with Crippen LogP contribution in [0.1, 0.15) is 6.92 Å². The van der Waals surface area contributed by atoms with Gasteiger partial charge in [-0.05, 0) is 19.1 Å². The molecule has 0 fully saturated rings. The Morgan fingerprint density at radius 2 is 2.10 bits per heavy atom. The van der Waals surface area contributed by atoms with Crippen molar-refractivity contribution in [1.82, 2.24) is 4.31 Å². The summed E-state index contributed by atoms with van der Waals surface area (Å²) in [6.07, 6.45) is 0. The number of nitrogens with zero attached hydrogens (tertiary/aromatic N) is 2. The summed E-state index contributed by atoms with van der Waals surface area (Å²) >= 11 is 0. The lowest BCUT2D eigenvalue weighted by atomic mass is 10.3. The summed E-state index contributed by atoms with van der Waals surface area (Å²) in [6, 6.07) is 2.96. The zero-order valence-electron chi connectivity index (χ0n) is 11.4. The predicted molar refractivity (Wildman–Crippen MR) is 73.8 cm³/mol. The van der Waals surface area contributed by atoms with Gasteiger partial charge in [0, 0.05) is 26.3 Å². The largest absolute Gasteiger partial charge is 0.393 e. The van der Waals surface area contributed by atoms with Crippen LogP contribution in [0.2, 0.25) is 0 Å². The molecule has 9 heteroatoms. The number of rotatable bonds is 6. The van der Waals surface area contributed by atoms with E-state index in [0.29, 0.717) is 0 Å². The number of nitro benzene ring substituents is 1. The monoisotopic (exact) mass is 303 g/mol. The first-order valence-corrected chi connectivity index (χ1v) is 7.16. The first kappa shape index (κ1) is 16.3. The van der Waals surface area contributed by atoms with E-state index in [1.54, 1.807) is 6.92 Å². The average molecular weight is 303 g/mol. The first-order chi connectivity index (χ1) is 9.21. The maximum Gasteiger partial charge on any atom is 0.292 e. The van der Waals surface area contributed by atoms with Gasteiger partial charge >= 0.3 is 0 Å². The van der Waals surface area contributed by atoms with Gasteiger partial charge in [-0.25, -0.2) is 8.42 Å². The van der Waals surface area contributed by atoms with Gasteiger partial charge in [0.15, 0.2) is 0 Å². The van der Waals surface area contributed by atoms with E-state index < -0.39 is 14.9 Å². The lowest BCUT2D eigenvalue weighted by Gasteiger charge is -2.23. The number of ether oxygens (including phenoxy) is 1. The van der Waals surface area contributed by atoms with E-state index in [9.17, 15) is 18.5 Å². The molecule has 20 heavy (non-hydrogen) atoms. The summed E-state index contributed by atoms with van der Waals surface area (Å²) in [5.74, 6) is 0. The van der Waals surface area contributed by atoms with Crippen LogP contribution in [0.15, 0.2) is 23.1 Å². The van der Waals surface area contributed by atoms with Crippen LogP contribution in [0, 0.1) is 10.1 Å². The molecule has 0 heterocycles. The Bertz CT molecular complexity index is 602. The minimum atomic E-state index is -3.77. The molecule has 0 aliphatic rings. The molecule has 0 aliphatic carbocycles. The van der Waals surface area contributed by atoms with E-state index in [2.05, 4.69) is 0 Å². The second-order valence-corrected chi connectivity index (χ2v) is 6.30. The molecule has 1 atom stereocenters. The highest BCUT2D eigenvalue weighted by Gasteiger charge is 2.27. The van der Waals surface area contributed by atoms with Gasteiger partial charge in [-0.3, -0.25) is 10.1 Å². The maximum absolute atomic E-state index is 12.3. The average Bonchev–Trinajstić information content (AvgIpc) is 2.37. The molecule has 0 bridgehead atoms. The lowest BCUT2D eigenvalue weighted by Crippen LogP contribution is -2.37. The number of benzene rings is 1. The van der Waals surface area contributed by atoms with E-state index in [0.717, 1.165) is 16.4 Å². The van der Waals surface area contributed by atoms with Gasteiger partial charge in [-0.1, -0.05) is 0 Å². The van der Waals surface area contributed by atoms with Crippen LogP contribution >= 0.6 is 0 Å².